The van der Waals surface area contributed by atoms with E-state index in [9.17, 15) is 9.90 Å². The van der Waals surface area contributed by atoms with Gasteiger partial charge in [0.25, 0.3) is 11.5 Å². The molecule has 29 heavy (non-hydrogen) atoms. The molecule has 152 valence electrons. The standard InChI is InChI=1S/C21H26N6O2/c1-5-6-10-26-19(28)17(16-9-7-8-15(4)11-16)12-18(20(26)29)23-25-21-24-22-13-27(21)14(2)3/h7-9,11-14,29H,5-6,10H2,1-4H3. The molecule has 0 aliphatic carbocycles. The van der Waals surface area contributed by atoms with Crippen LogP contribution in [-0.2, 0) is 6.54 Å². The Labute approximate surface area is 169 Å². The maximum Gasteiger partial charge on any atom is 0.270 e. The predicted octanol–water partition coefficient (Wildman–Crippen LogP) is 4.92. The van der Waals surface area contributed by atoms with Crippen LogP contribution in [0.25, 0.3) is 11.1 Å². The lowest BCUT2D eigenvalue weighted by Crippen LogP contribution is -2.21. The number of aromatic nitrogens is 4. The van der Waals surface area contributed by atoms with E-state index in [2.05, 4.69) is 20.4 Å². The summed E-state index contributed by atoms with van der Waals surface area (Å²) in [5.41, 5.74) is 2.27. The highest BCUT2D eigenvalue weighted by molar-refractivity contribution is 5.68. The molecule has 1 N–H and O–H groups in total. The molecule has 1 aromatic carbocycles. The molecule has 0 radical (unpaired) electrons. The summed E-state index contributed by atoms with van der Waals surface area (Å²) >= 11 is 0. The molecule has 2 aromatic heterocycles. The van der Waals surface area contributed by atoms with E-state index < -0.39 is 0 Å². The number of hydrogen-bond acceptors (Lipinski definition) is 6. The highest BCUT2D eigenvalue weighted by atomic mass is 16.3. The second kappa shape index (κ2) is 8.81. The smallest absolute Gasteiger partial charge is 0.270 e. The Bertz CT molecular complexity index is 1080. The van der Waals surface area contributed by atoms with E-state index >= 15 is 0 Å². The molecule has 3 aromatic rings. The fraction of sp³-hybridized carbons (Fsp3) is 0.381. The molecular formula is C21H26N6O2. The third-order valence-corrected chi connectivity index (χ3v) is 4.66. The van der Waals surface area contributed by atoms with Gasteiger partial charge in [0.15, 0.2) is 0 Å². The Balaban J connectivity index is 2.13. The lowest BCUT2D eigenvalue weighted by Gasteiger charge is -2.13. The van der Waals surface area contributed by atoms with Crippen LogP contribution >= 0.6 is 0 Å². The summed E-state index contributed by atoms with van der Waals surface area (Å²) in [6.45, 7) is 8.39. The van der Waals surface area contributed by atoms with Gasteiger partial charge in [-0.25, -0.2) is 0 Å². The SMILES string of the molecule is CCCCn1c(O)c(N=Nc2nncn2C(C)C)cc(-c2cccc(C)c2)c1=O. The molecule has 0 saturated carbocycles. The Hall–Kier alpha value is -3.29. The van der Waals surface area contributed by atoms with Crippen LogP contribution in [0.4, 0.5) is 11.6 Å². The van der Waals surface area contributed by atoms with Gasteiger partial charge in [-0.3, -0.25) is 13.9 Å². The van der Waals surface area contributed by atoms with Gasteiger partial charge in [-0.15, -0.1) is 20.4 Å². The maximum atomic E-state index is 13.0. The van der Waals surface area contributed by atoms with E-state index in [4.69, 9.17) is 0 Å². The number of pyridine rings is 1. The summed E-state index contributed by atoms with van der Waals surface area (Å²) in [5, 5.41) is 26.9. The van der Waals surface area contributed by atoms with Crippen molar-refractivity contribution in [2.45, 2.75) is 53.1 Å². The van der Waals surface area contributed by atoms with Crippen LogP contribution in [0.2, 0.25) is 0 Å². The van der Waals surface area contributed by atoms with Crippen molar-refractivity contribution in [1.82, 2.24) is 19.3 Å². The minimum atomic E-state index is -0.245. The lowest BCUT2D eigenvalue weighted by atomic mass is 10.0. The van der Waals surface area contributed by atoms with Crippen molar-refractivity contribution in [1.29, 1.82) is 0 Å². The Morgan fingerprint density at radius 3 is 2.69 bits per heavy atom. The van der Waals surface area contributed by atoms with Crippen molar-refractivity contribution < 1.29 is 5.11 Å². The van der Waals surface area contributed by atoms with Crippen molar-refractivity contribution in [2.24, 2.45) is 10.2 Å². The first-order valence-electron chi connectivity index (χ1n) is 9.77. The van der Waals surface area contributed by atoms with Gasteiger partial charge in [-0.2, -0.15) is 0 Å². The van der Waals surface area contributed by atoms with E-state index in [-0.39, 0.29) is 23.2 Å². The second-order valence-corrected chi connectivity index (χ2v) is 7.28. The summed E-state index contributed by atoms with van der Waals surface area (Å²) in [7, 11) is 0. The van der Waals surface area contributed by atoms with Gasteiger partial charge in [-0.1, -0.05) is 43.2 Å². The monoisotopic (exact) mass is 394 g/mol. The average molecular weight is 394 g/mol. The third kappa shape index (κ3) is 4.42. The maximum absolute atomic E-state index is 13.0. The molecule has 0 amide bonds. The number of azo groups is 1. The van der Waals surface area contributed by atoms with Gasteiger partial charge in [0.2, 0.25) is 5.88 Å². The molecule has 0 spiro atoms. The fourth-order valence-corrected chi connectivity index (χ4v) is 3.03. The summed E-state index contributed by atoms with van der Waals surface area (Å²) < 4.78 is 3.14. The van der Waals surface area contributed by atoms with Crippen LogP contribution in [0.5, 0.6) is 5.88 Å². The highest BCUT2D eigenvalue weighted by Crippen LogP contribution is 2.31. The molecular weight excluding hydrogens is 368 g/mol. The van der Waals surface area contributed by atoms with E-state index in [1.807, 2.05) is 52.0 Å². The van der Waals surface area contributed by atoms with Crippen LogP contribution < -0.4 is 5.56 Å². The molecule has 2 heterocycles. The van der Waals surface area contributed by atoms with Gasteiger partial charge in [0.05, 0.1) is 0 Å². The molecule has 8 nitrogen and oxygen atoms in total. The molecule has 0 bridgehead atoms. The molecule has 0 atom stereocenters. The highest BCUT2D eigenvalue weighted by Gasteiger charge is 2.16. The van der Waals surface area contributed by atoms with Crippen molar-refractivity contribution in [3.8, 4) is 17.0 Å². The lowest BCUT2D eigenvalue weighted by molar-refractivity contribution is 0.403. The van der Waals surface area contributed by atoms with Crippen molar-refractivity contribution >= 4 is 11.6 Å². The summed E-state index contributed by atoms with van der Waals surface area (Å²) in [6.07, 6.45) is 3.25. The number of hydrogen-bond donors (Lipinski definition) is 1. The Morgan fingerprint density at radius 2 is 2.00 bits per heavy atom. The minimum Gasteiger partial charge on any atom is -0.493 e. The molecule has 8 heteroatoms. The zero-order valence-electron chi connectivity index (χ0n) is 17.2. The molecule has 0 unspecified atom stereocenters. The van der Waals surface area contributed by atoms with Gasteiger partial charge in [-0.05, 0) is 38.8 Å². The number of benzene rings is 1. The van der Waals surface area contributed by atoms with Crippen LogP contribution in [0.15, 0.2) is 51.7 Å². The molecule has 0 saturated heterocycles. The minimum absolute atomic E-state index is 0.119. The van der Waals surface area contributed by atoms with Crippen LogP contribution in [-0.4, -0.2) is 24.4 Å². The summed E-state index contributed by atoms with van der Waals surface area (Å²) in [5.74, 6) is 0.141. The first-order valence-corrected chi connectivity index (χ1v) is 9.77. The number of unbranched alkanes of at least 4 members (excludes halogenated alkanes) is 1. The molecule has 0 aliphatic heterocycles. The first kappa shape index (κ1) is 20.4. The van der Waals surface area contributed by atoms with Crippen LogP contribution in [0, 0.1) is 6.92 Å². The summed E-state index contributed by atoms with van der Waals surface area (Å²) in [6, 6.07) is 9.39. The van der Waals surface area contributed by atoms with Crippen molar-refractivity contribution in [2.75, 3.05) is 0 Å². The predicted molar refractivity (Wildman–Crippen MR) is 112 cm³/mol. The second-order valence-electron chi connectivity index (χ2n) is 7.28. The number of rotatable bonds is 7. The normalized spacial score (nSPS) is 11.6. The topological polar surface area (TPSA) is 97.7 Å². The number of aromatic hydroxyl groups is 1. The Kier molecular flexibility index (Phi) is 6.21. The van der Waals surface area contributed by atoms with Gasteiger partial charge in [0, 0.05) is 18.2 Å². The van der Waals surface area contributed by atoms with Gasteiger partial charge >= 0.3 is 0 Å². The van der Waals surface area contributed by atoms with Crippen molar-refractivity contribution in [3.63, 3.8) is 0 Å². The number of nitrogens with zero attached hydrogens (tertiary/aromatic N) is 6. The number of aryl methyl sites for hydroxylation is 1. The zero-order chi connectivity index (χ0) is 21.0. The fourth-order valence-electron chi connectivity index (χ4n) is 3.03. The van der Waals surface area contributed by atoms with Crippen LogP contribution in [0.3, 0.4) is 0 Å². The molecule has 0 fully saturated rings. The third-order valence-electron chi connectivity index (χ3n) is 4.66. The van der Waals surface area contributed by atoms with E-state index in [1.165, 1.54) is 4.57 Å². The van der Waals surface area contributed by atoms with E-state index in [0.29, 0.717) is 18.1 Å². The molecule has 3 rings (SSSR count). The quantitative estimate of drug-likeness (QED) is 0.575. The zero-order valence-corrected chi connectivity index (χ0v) is 17.2. The summed E-state index contributed by atoms with van der Waals surface area (Å²) in [4.78, 5) is 13.0. The van der Waals surface area contributed by atoms with E-state index in [0.717, 1.165) is 24.0 Å². The first-order chi connectivity index (χ1) is 13.9. The van der Waals surface area contributed by atoms with Gasteiger partial charge < -0.3 is 5.11 Å². The average Bonchev–Trinajstić information content (AvgIpc) is 3.16. The largest absolute Gasteiger partial charge is 0.493 e. The molecule has 0 aliphatic rings. The van der Waals surface area contributed by atoms with Crippen LogP contribution in [0.1, 0.15) is 45.2 Å². The van der Waals surface area contributed by atoms with E-state index in [1.54, 1.807) is 17.0 Å². The van der Waals surface area contributed by atoms with Crippen molar-refractivity contribution in [3.05, 3.63) is 52.6 Å². The van der Waals surface area contributed by atoms with Gasteiger partial charge in [0.1, 0.15) is 12.0 Å². The Morgan fingerprint density at radius 1 is 1.21 bits per heavy atom.